The van der Waals surface area contributed by atoms with Crippen molar-refractivity contribution < 1.29 is 27.8 Å². The Labute approximate surface area is 172 Å². The van der Waals surface area contributed by atoms with Gasteiger partial charge in [0, 0.05) is 18.8 Å². The summed E-state index contributed by atoms with van der Waals surface area (Å²) < 4.78 is 46.1. The molecule has 164 valence electrons. The number of aromatic nitrogens is 2. The number of nitrogens with two attached hydrogens (primary N) is 1. The van der Waals surface area contributed by atoms with E-state index in [-0.39, 0.29) is 29.8 Å². The van der Waals surface area contributed by atoms with Crippen molar-refractivity contribution in [2.75, 3.05) is 25.2 Å². The summed E-state index contributed by atoms with van der Waals surface area (Å²) in [5.41, 5.74) is 4.88. The van der Waals surface area contributed by atoms with Gasteiger partial charge in [-0.3, -0.25) is 9.88 Å². The van der Waals surface area contributed by atoms with Gasteiger partial charge in [-0.05, 0) is 30.5 Å². The Bertz CT molecular complexity index is 882. The lowest BCUT2D eigenvalue weighted by atomic mass is 9.92. The molecule has 0 spiro atoms. The summed E-state index contributed by atoms with van der Waals surface area (Å²) in [6, 6.07) is 4.09. The van der Waals surface area contributed by atoms with E-state index in [9.17, 15) is 18.0 Å². The van der Waals surface area contributed by atoms with Crippen LogP contribution in [0.25, 0.3) is 11.3 Å². The molecule has 7 nitrogen and oxygen atoms in total. The third-order valence-corrected chi connectivity index (χ3v) is 4.40. The highest BCUT2D eigenvalue weighted by molar-refractivity contribution is 5.84. The van der Waals surface area contributed by atoms with Gasteiger partial charge in [0.1, 0.15) is 24.8 Å². The maximum Gasteiger partial charge on any atom is 0.412 e. The number of hydrogen-bond donors (Lipinski definition) is 2. The topological polar surface area (TPSA) is 102 Å². The van der Waals surface area contributed by atoms with E-state index < -0.39 is 30.3 Å². The number of anilines is 1. The molecule has 0 saturated carbocycles. The van der Waals surface area contributed by atoms with Crippen molar-refractivity contribution in [3.63, 3.8) is 0 Å². The first-order chi connectivity index (χ1) is 14.1. The number of alkyl halides is 3. The quantitative estimate of drug-likeness (QED) is 0.620. The largest absolute Gasteiger partial charge is 0.489 e. The number of pyridine rings is 2. The number of carboxylic acid groups (broad SMARTS) is 1. The third-order valence-electron chi connectivity index (χ3n) is 4.40. The van der Waals surface area contributed by atoms with E-state index in [0.29, 0.717) is 12.0 Å². The first kappa shape index (κ1) is 23.4. The number of amides is 1. The molecule has 0 unspecified atom stereocenters. The van der Waals surface area contributed by atoms with Crippen molar-refractivity contribution in [3.8, 4) is 17.0 Å². The van der Waals surface area contributed by atoms with E-state index in [1.54, 1.807) is 0 Å². The Morgan fingerprint density at radius 2 is 2.03 bits per heavy atom. The average molecular weight is 426 g/mol. The molecule has 0 aliphatic rings. The Hall–Kier alpha value is -2.88. The lowest BCUT2D eigenvalue weighted by molar-refractivity contribution is 0.131. The van der Waals surface area contributed by atoms with Gasteiger partial charge in [-0.15, -0.1) is 0 Å². The van der Waals surface area contributed by atoms with E-state index >= 15 is 0 Å². The molecule has 0 aliphatic heterocycles. The molecule has 2 aromatic heterocycles. The lowest BCUT2D eigenvalue weighted by Crippen LogP contribution is -2.49. The van der Waals surface area contributed by atoms with Crippen LogP contribution < -0.4 is 15.4 Å². The Morgan fingerprint density at radius 3 is 2.60 bits per heavy atom. The summed E-state index contributed by atoms with van der Waals surface area (Å²) in [6.07, 6.45) is -1.27. The molecule has 0 radical (unpaired) electrons. The molecule has 2 heterocycles. The van der Waals surface area contributed by atoms with E-state index in [1.807, 2.05) is 13.8 Å². The fourth-order valence-electron chi connectivity index (χ4n) is 2.95. The average Bonchev–Trinajstić information content (AvgIpc) is 2.71. The van der Waals surface area contributed by atoms with Crippen molar-refractivity contribution in [2.45, 2.75) is 32.2 Å². The second-order valence-corrected chi connectivity index (χ2v) is 7.54. The maximum atomic E-state index is 13.6. The minimum absolute atomic E-state index is 0.106. The molecule has 0 bridgehead atoms. The van der Waals surface area contributed by atoms with Gasteiger partial charge < -0.3 is 15.6 Å². The minimum atomic E-state index is -2.87. The van der Waals surface area contributed by atoms with Crippen molar-refractivity contribution in [3.05, 3.63) is 36.2 Å². The van der Waals surface area contributed by atoms with Crippen molar-refractivity contribution in [1.29, 1.82) is 0 Å². The highest BCUT2D eigenvalue weighted by Crippen LogP contribution is 2.33. The number of halogens is 3. The SMILES string of the molecule is CC(C)C[C@@](N)(CF)COc1cnc(-c2ccnc(N(C)C(=O)O)c2)cc1C(F)F. The van der Waals surface area contributed by atoms with Crippen LogP contribution in [-0.2, 0) is 0 Å². The summed E-state index contributed by atoms with van der Waals surface area (Å²) in [5, 5.41) is 9.07. The van der Waals surface area contributed by atoms with Crippen LogP contribution in [-0.4, -0.2) is 47.0 Å². The summed E-state index contributed by atoms with van der Waals surface area (Å²) in [4.78, 5) is 20.1. The van der Waals surface area contributed by atoms with Crippen LogP contribution in [0, 0.1) is 5.92 Å². The molecular formula is C20H25F3N4O3. The van der Waals surface area contributed by atoms with Gasteiger partial charge in [0.15, 0.2) is 0 Å². The van der Waals surface area contributed by atoms with Crippen LogP contribution in [0.4, 0.5) is 23.8 Å². The third kappa shape index (κ3) is 5.82. The second-order valence-electron chi connectivity index (χ2n) is 7.54. The molecule has 0 fully saturated rings. The summed E-state index contributed by atoms with van der Waals surface area (Å²) in [6.45, 7) is 2.63. The van der Waals surface area contributed by atoms with Crippen LogP contribution in [0.5, 0.6) is 5.75 Å². The molecule has 1 atom stereocenters. The fraction of sp³-hybridized carbons (Fsp3) is 0.450. The summed E-state index contributed by atoms with van der Waals surface area (Å²) in [5.74, 6) is 0.0391. The minimum Gasteiger partial charge on any atom is -0.489 e. The number of rotatable bonds is 9. The number of carbonyl (C=O) groups is 1. The normalized spacial score (nSPS) is 13.4. The van der Waals surface area contributed by atoms with Gasteiger partial charge in [0.05, 0.1) is 23.0 Å². The van der Waals surface area contributed by atoms with Crippen molar-refractivity contribution >= 4 is 11.9 Å². The molecule has 3 N–H and O–H groups in total. The molecule has 0 aliphatic carbocycles. The highest BCUT2D eigenvalue weighted by Gasteiger charge is 2.28. The molecule has 1 amide bonds. The summed E-state index contributed by atoms with van der Waals surface area (Å²) >= 11 is 0. The van der Waals surface area contributed by atoms with E-state index in [1.165, 1.54) is 25.4 Å². The Balaban J connectivity index is 2.32. The van der Waals surface area contributed by atoms with E-state index in [0.717, 1.165) is 17.2 Å². The first-order valence-corrected chi connectivity index (χ1v) is 9.25. The second kappa shape index (κ2) is 9.75. The van der Waals surface area contributed by atoms with Gasteiger partial charge in [-0.1, -0.05) is 13.8 Å². The maximum absolute atomic E-state index is 13.6. The predicted molar refractivity (Wildman–Crippen MR) is 107 cm³/mol. The van der Waals surface area contributed by atoms with Crippen LogP contribution >= 0.6 is 0 Å². The smallest absolute Gasteiger partial charge is 0.412 e. The molecule has 10 heteroatoms. The van der Waals surface area contributed by atoms with Gasteiger partial charge in [-0.2, -0.15) is 0 Å². The zero-order valence-corrected chi connectivity index (χ0v) is 17.0. The number of hydrogen-bond acceptors (Lipinski definition) is 5. The molecule has 0 saturated heterocycles. The first-order valence-electron chi connectivity index (χ1n) is 9.25. The van der Waals surface area contributed by atoms with Gasteiger partial charge in [0.2, 0.25) is 0 Å². The van der Waals surface area contributed by atoms with E-state index in [4.69, 9.17) is 15.6 Å². The Morgan fingerprint density at radius 1 is 1.33 bits per heavy atom. The van der Waals surface area contributed by atoms with Gasteiger partial charge in [-0.25, -0.2) is 22.9 Å². The van der Waals surface area contributed by atoms with Crippen LogP contribution in [0.3, 0.4) is 0 Å². The van der Waals surface area contributed by atoms with Crippen LogP contribution in [0.1, 0.15) is 32.3 Å². The highest BCUT2D eigenvalue weighted by atomic mass is 19.3. The van der Waals surface area contributed by atoms with Gasteiger partial charge >= 0.3 is 6.09 Å². The van der Waals surface area contributed by atoms with E-state index in [2.05, 4.69) is 9.97 Å². The molecular weight excluding hydrogens is 401 g/mol. The molecule has 30 heavy (non-hydrogen) atoms. The summed E-state index contributed by atoms with van der Waals surface area (Å²) in [7, 11) is 1.31. The monoisotopic (exact) mass is 426 g/mol. The molecule has 0 aromatic carbocycles. The van der Waals surface area contributed by atoms with Crippen LogP contribution in [0.2, 0.25) is 0 Å². The zero-order valence-electron chi connectivity index (χ0n) is 17.0. The lowest BCUT2D eigenvalue weighted by Gasteiger charge is -2.28. The predicted octanol–water partition coefficient (Wildman–Crippen LogP) is 4.29. The van der Waals surface area contributed by atoms with Crippen molar-refractivity contribution in [1.82, 2.24) is 9.97 Å². The molecule has 2 rings (SSSR count). The number of nitrogens with zero attached hydrogens (tertiary/aromatic N) is 3. The van der Waals surface area contributed by atoms with Crippen molar-refractivity contribution in [2.24, 2.45) is 11.7 Å². The Kier molecular flexibility index (Phi) is 7.60. The van der Waals surface area contributed by atoms with Gasteiger partial charge in [0.25, 0.3) is 6.43 Å². The standard InChI is InChI=1S/C20H25F3N4O3/c1-12(2)8-20(24,10-21)11-30-16-9-26-15(7-14(16)18(22)23)13-4-5-25-17(6-13)27(3)19(28)29/h4-7,9,12,18H,8,10-11,24H2,1-3H3,(H,28,29)/t20-/m1/s1. The zero-order chi connectivity index (χ0) is 22.5. The fourth-order valence-corrected chi connectivity index (χ4v) is 2.95. The molecule has 2 aromatic rings. The van der Waals surface area contributed by atoms with Crippen LogP contribution in [0.15, 0.2) is 30.6 Å². The number of ether oxygens (including phenoxy) is 1.